The highest BCUT2D eigenvalue weighted by molar-refractivity contribution is 7.91. The molecule has 0 saturated carbocycles. The third-order valence-electron chi connectivity index (χ3n) is 4.37. The van der Waals surface area contributed by atoms with Crippen LogP contribution >= 0.6 is 0 Å². The monoisotopic (exact) mass is 396 g/mol. The summed E-state index contributed by atoms with van der Waals surface area (Å²) in [6, 6.07) is 18.3. The molecule has 1 heterocycles. The first-order valence-corrected chi connectivity index (χ1v) is 10.7. The van der Waals surface area contributed by atoms with Crippen molar-refractivity contribution >= 4 is 21.8 Å². The molecule has 2 aromatic rings. The zero-order chi connectivity index (χ0) is 20.0. The van der Waals surface area contributed by atoms with Gasteiger partial charge in [0.25, 0.3) is 5.91 Å². The molecule has 1 amide bonds. The number of hydrogen-bond acceptors (Lipinski definition) is 5. The Bertz CT molecular complexity index is 1010. The number of nitrogens with zero attached hydrogens (tertiary/aromatic N) is 1. The van der Waals surface area contributed by atoms with Crippen molar-refractivity contribution in [3.05, 3.63) is 71.3 Å². The van der Waals surface area contributed by atoms with Crippen LogP contribution in [-0.4, -0.2) is 31.9 Å². The molecule has 6 nitrogen and oxygen atoms in total. The van der Waals surface area contributed by atoms with Crippen LogP contribution in [0.5, 0.6) is 5.75 Å². The molecule has 1 saturated heterocycles. The summed E-state index contributed by atoms with van der Waals surface area (Å²) in [6.07, 6.45) is 1.85. The number of nitriles is 1. The maximum absolute atomic E-state index is 12.3. The van der Waals surface area contributed by atoms with Crippen LogP contribution in [0.25, 0.3) is 6.08 Å². The Labute approximate surface area is 164 Å². The fraction of sp³-hybridized carbons (Fsp3) is 0.238. The van der Waals surface area contributed by atoms with E-state index in [1.807, 2.05) is 36.4 Å². The predicted molar refractivity (Wildman–Crippen MR) is 106 cm³/mol. The van der Waals surface area contributed by atoms with Gasteiger partial charge in [-0.15, -0.1) is 0 Å². The highest BCUT2D eigenvalue weighted by atomic mass is 32.2. The number of nitrogens with one attached hydrogen (secondary N) is 1. The van der Waals surface area contributed by atoms with E-state index in [1.165, 1.54) is 6.08 Å². The second-order valence-electron chi connectivity index (χ2n) is 6.59. The van der Waals surface area contributed by atoms with Crippen molar-refractivity contribution in [1.82, 2.24) is 5.32 Å². The van der Waals surface area contributed by atoms with Gasteiger partial charge in [0.05, 0.1) is 11.5 Å². The standard InChI is InChI=1S/C21H20N2O4S/c22-13-18(21(24)23-19-10-11-28(25,26)15-19)12-16-6-8-20(9-7-16)27-14-17-4-2-1-3-5-17/h1-9,12,19H,10-11,14-15H2,(H,23,24)/b18-12+/t19-/m1/s1. The molecule has 0 spiro atoms. The summed E-state index contributed by atoms with van der Waals surface area (Å²) >= 11 is 0. The molecule has 1 atom stereocenters. The van der Waals surface area contributed by atoms with Crippen molar-refractivity contribution < 1.29 is 17.9 Å². The fourth-order valence-corrected chi connectivity index (χ4v) is 4.56. The van der Waals surface area contributed by atoms with Crippen LogP contribution in [-0.2, 0) is 21.2 Å². The van der Waals surface area contributed by atoms with Gasteiger partial charge in [-0.25, -0.2) is 8.42 Å². The first-order chi connectivity index (χ1) is 13.4. The molecule has 2 aromatic carbocycles. The maximum atomic E-state index is 12.3. The lowest BCUT2D eigenvalue weighted by molar-refractivity contribution is -0.117. The molecule has 1 aliphatic heterocycles. The number of carbonyl (C=O) groups is 1. The van der Waals surface area contributed by atoms with E-state index in [0.29, 0.717) is 24.3 Å². The molecule has 28 heavy (non-hydrogen) atoms. The molecule has 0 bridgehead atoms. The van der Waals surface area contributed by atoms with Crippen molar-refractivity contribution in [1.29, 1.82) is 5.26 Å². The Morgan fingerprint density at radius 3 is 2.50 bits per heavy atom. The van der Waals surface area contributed by atoms with Crippen molar-refractivity contribution in [2.75, 3.05) is 11.5 Å². The van der Waals surface area contributed by atoms with E-state index in [0.717, 1.165) is 5.56 Å². The molecule has 7 heteroatoms. The van der Waals surface area contributed by atoms with E-state index in [2.05, 4.69) is 5.32 Å². The fourth-order valence-electron chi connectivity index (χ4n) is 2.89. The molecule has 3 rings (SSSR count). The van der Waals surface area contributed by atoms with E-state index in [4.69, 9.17) is 4.74 Å². The number of hydrogen-bond donors (Lipinski definition) is 1. The minimum Gasteiger partial charge on any atom is -0.489 e. The van der Waals surface area contributed by atoms with Crippen LogP contribution in [0.3, 0.4) is 0 Å². The van der Waals surface area contributed by atoms with E-state index < -0.39 is 21.8 Å². The van der Waals surface area contributed by atoms with Crippen LogP contribution in [0.4, 0.5) is 0 Å². The largest absolute Gasteiger partial charge is 0.489 e. The second-order valence-corrected chi connectivity index (χ2v) is 8.82. The number of sulfone groups is 1. The first kappa shape index (κ1) is 19.6. The zero-order valence-electron chi connectivity index (χ0n) is 15.2. The molecule has 144 valence electrons. The van der Waals surface area contributed by atoms with Crippen molar-refractivity contribution in [2.24, 2.45) is 0 Å². The SMILES string of the molecule is N#C/C(=C\c1ccc(OCc2ccccc2)cc1)C(=O)N[C@@H]1CCS(=O)(=O)C1. The molecule has 1 N–H and O–H groups in total. The van der Waals surface area contributed by atoms with Gasteiger partial charge in [0.15, 0.2) is 9.84 Å². The van der Waals surface area contributed by atoms with Crippen LogP contribution in [0, 0.1) is 11.3 Å². The van der Waals surface area contributed by atoms with Crippen molar-refractivity contribution in [3.63, 3.8) is 0 Å². The molecule has 0 unspecified atom stereocenters. The molecule has 1 aliphatic rings. The van der Waals surface area contributed by atoms with Gasteiger partial charge in [0.1, 0.15) is 24.0 Å². The summed E-state index contributed by atoms with van der Waals surface area (Å²) < 4.78 is 28.7. The maximum Gasteiger partial charge on any atom is 0.262 e. The normalized spacial score (nSPS) is 18.2. The number of carbonyl (C=O) groups excluding carboxylic acids is 1. The van der Waals surface area contributed by atoms with Crippen LogP contribution in [0.2, 0.25) is 0 Å². The number of benzene rings is 2. The summed E-state index contributed by atoms with van der Waals surface area (Å²) in [7, 11) is -3.09. The number of amides is 1. The Morgan fingerprint density at radius 2 is 1.89 bits per heavy atom. The van der Waals surface area contributed by atoms with Gasteiger partial charge in [-0.2, -0.15) is 5.26 Å². The molecule has 1 fully saturated rings. The third kappa shape index (κ3) is 5.44. The molecule has 0 aliphatic carbocycles. The zero-order valence-corrected chi connectivity index (χ0v) is 16.0. The van der Waals surface area contributed by atoms with E-state index >= 15 is 0 Å². The van der Waals surface area contributed by atoms with Gasteiger partial charge in [-0.3, -0.25) is 4.79 Å². The van der Waals surface area contributed by atoms with Gasteiger partial charge >= 0.3 is 0 Å². The average Bonchev–Trinajstić information content (AvgIpc) is 3.04. The molecule has 0 radical (unpaired) electrons. The van der Waals surface area contributed by atoms with Crippen LogP contribution < -0.4 is 10.1 Å². The van der Waals surface area contributed by atoms with Gasteiger partial charge < -0.3 is 10.1 Å². The second kappa shape index (κ2) is 8.72. The average molecular weight is 396 g/mol. The van der Waals surface area contributed by atoms with Crippen molar-refractivity contribution in [2.45, 2.75) is 19.1 Å². The summed E-state index contributed by atoms with van der Waals surface area (Å²) in [6.45, 7) is 0.451. The van der Waals surface area contributed by atoms with Gasteiger partial charge in [0.2, 0.25) is 0 Å². The lowest BCUT2D eigenvalue weighted by Crippen LogP contribution is -2.36. The van der Waals surface area contributed by atoms with E-state index in [1.54, 1.807) is 24.3 Å². The van der Waals surface area contributed by atoms with Crippen LogP contribution in [0.15, 0.2) is 60.2 Å². The Hall–Kier alpha value is -3.11. The highest BCUT2D eigenvalue weighted by Crippen LogP contribution is 2.17. The topological polar surface area (TPSA) is 96.3 Å². The minimum absolute atomic E-state index is 0.0635. The summed E-state index contributed by atoms with van der Waals surface area (Å²) in [4.78, 5) is 12.3. The summed E-state index contributed by atoms with van der Waals surface area (Å²) in [5.74, 6) is 0.105. The lowest BCUT2D eigenvalue weighted by Gasteiger charge is -2.10. The smallest absolute Gasteiger partial charge is 0.262 e. The van der Waals surface area contributed by atoms with Gasteiger partial charge in [0, 0.05) is 6.04 Å². The number of rotatable bonds is 6. The number of ether oxygens (including phenoxy) is 1. The van der Waals surface area contributed by atoms with Crippen molar-refractivity contribution in [3.8, 4) is 11.8 Å². The summed E-state index contributed by atoms with van der Waals surface area (Å²) in [5, 5.41) is 11.9. The lowest BCUT2D eigenvalue weighted by atomic mass is 10.1. The molecule has 0 aromatic heterocycles. The van der Waals surface area contributed by atoms with Gasteiger partial charge in [-0.1, -0.05) is 42.5 Å². The minimum atomic E-state index is -3.09. The van der Waals surface area contributed by atoms with Gasteiger partial charge in [-0.05, 0) is 35.8 Å². The third-order valence-corrected chi connectivity index (χ3v) is 6.14. The first-order valence-electron chi connectivity index (χ1n) is 8.85. The van der Waals surface area contributed by atoms with E-state index in [9.17, 15) is 18.5 Å². The Morgan fingerprint density at radius 1 is 1.18 bits per heavy atom. The van der Waals surface area contributed by atoms with E-state index in [-0.39, 0.29) is 17.1 Å². The Balaban J connectivity index is 1.60. The molecular weight excluding hydrogens is 376 g/mol. The predicted octanol–water partition coefficient (Wildman–Crippen LogP) is 2.48. The van der Waals surface area contributed by atoms with Crippen LogP contribution in [0.1, 0.15) is 17.5 Å². The quantitative estimate of drug-likeness (QED) is 0.598. The highest BCUT2D eigenvalue weighted by Gasteiger charge is 2.29. The Kier molecular flexibility index (Phi) is 6.12. The molecular formula is C21H20N2O4S. The summed E-state index contributed by atoms with van der Waals surface area (Å²) in [5.41, 5.74) is 1.67.